The molecule has 0 aromatic heterocycles. The number of hydrogen-bond acceptors (Lipinski definition) is 4. The van der Waals surface area contributed by atoms with Crippen molar-refractivity contribution in [3.63, 3.8) is 0 Å². The molecule has 1 atom stereocenters. The number of carbonyl (C=O) groups is 3. The van der Waals surface area contributed by atoms with Crippen molar-refractivity contribution in [2.24, 2.45) is 0 Å². The number of esters is 1. The Morgan fingerprint density at radius 2 is 1.48 bits per heavy atom. The van der Waals surface area contributed by atoms with E-state index >= 15 is 0 Å². The summed E-state index contributed by atoms with van der Waals surface area (Å²) in [5, 5.41) is 0. The van der Waals surface area contributed by atoms with Crippen molar-refractivity contribution >= 4 is 17.7 Å². The number of likely N-dealkylation sites (tertiary alicyclic amines) is 1. The smallest absolute Gasteiger partial charge is 0.308 e. The number of ether oxygens (including phenoxy) is 1. The summed E-state index contributed by atoms with van der Waals surface area (Å²) in [5.41, 5.74) is -0.221. The average molecular weight is 337 g/mol. The molecule has 0 radical (unpaired) electrons. The summed E-state index contributed by atoms with van der Waals surface area (Å²) in [6.45, 7) is 0. The summed E-state index contributed by atoms with van der Waals surface area (Å²) in [7, 11) is 2.83. The average Bonchev–Trinajstić information content (AvgIpc) is 2.84. The predicted octanol–water partition coefficient (Wildman–Crippen LogP) is 1.95. The zero-order chi connectivity index (χ0) is 18.0. The summed E-state index contributed by atoms with van der Waals surface area (Å²) in [6, 6.07) is 17.1. The third-order valence-corrected chi connectivity index (χ3v) is 4.78. The molecule has 0 bridgehead atoms. The molecule has 128 valence electrons. The number of nitrogens with zero attached hydrogens (tertiary/aromatic N) is 1. The third-order valence-electron chi connectivity index (χ3n) is 4.78. The Morgan fingerprint density at radius 3 is 1.92 bits per heavy atom. The van der Waals surface area contributed by atoms with E-state index in [0.29, 0.717) is 11.1 Å². The Morgan fingerprint density at radius 1 is 1.00 bits per heavy atom. The zero-order valence-corrected chi connectivity index (χ0v) is 14.1. The maximum atomic E-state index is 13.4. The van der Waals surface area contributed by atoms with Gasteiger partial charge in [-0.15, -0.1) is 0 Å². The molecule has 1 amide bonds. The molecule has 5 heteroatoms. The first-order valence-electron chi connectivity index (χ1n) is 8.03. The van der Waals surface area contributed by atoms with Gasteiger partial charge in [-0.25, -0.2) is 0 Å². The van der Waals surface area contributed by atoms with Gasteiger partial charge in [0.15, 0.2) is 11.2 Å². The van der Waals surface area contributed by atoms with Crippen LogP contribution in [0.15, 0.2) is 60.7 Å². The number of hydrogen-bond donors (Lipinski definition) is 0. The molecule has 0 spiro atoms. The predicted molar refractivity (Wildman–Crippen MR) is 91.9 cm³/mol. The molecule has 1 saturated heterocycles. The van der Waals surface area contributed by atoms with E-state index in [1.807, 2.05) is 12.1 Å². The molecule has 2 aromatic carbocycles. The van der Waals surface area contributed by atoms with Crippen LogP contribution in [0.2, 0.25) is 0 Å². The van der Waals surface area contributed by atoms with Crippen molar-refractivity contribution in [2.45, 2.75) is 17.9 Å². The molecule has 1 aliphatic rings. The van der Waals surface area contributed by atoms with E-state index in [0.717, 1.165) is 0 Å². The van der Waals surface area contributed by atoms with E-state index in [-0.39, 0.29) is 18.1 Å². The van der Waals surface area contributed by atoms with Gasteiger partial charge in [0.2, 0.25) is 5.91 Å². The highest BCUT2D eigenvalue weighted by molar-refractivity contribution is 6.22. The van der Waals surface area contributed by atoms with Gasteiger partial charge in [0.25, 0.3) is 0 Å². The normalized spacial score (nSPS) is 19.1. The van der Waals surface area contributed by atoms with Gasteiger partial charge in [-0.3, -0.25) is 14.4 Å². The van der Waals surface area contributed by atoms with Gasteiger partial charge in [0.05, 0.1) is 13.5 Å². The summed E-state index contributed by atoms with van der Waals surface area (Å²) in [6.07, 6.45) is -0.154. The van der Waals surface area contributed by atoms with Crippen LogP contribution in [-0.4, -0.2) is 42.8 Å². The van der Waals surface area contributed by atoms with Gasteiger partial charge in [0, 0.05) is 7.05 Å². The van der Waals surface area contributed by atoms with Crippen LogP contribution in [0.5, 0.6) is 0 Å². The van der Waals surface area contributed by atoms with Crippen LogP contribution in [0.25, 0.3) is 0 Å². The molecule has 25 heavy (non-hydrogen) atoms. The van der Waals surface area contributed by atoms with Gasteiger partial charge < -0.3 is 9.64 Å². The van der Waals surface area contributed by atoms with Crippen molar-refractivity contribution < 1.29 is 19.1 Å². The van der Waals surface area contributed by atoms with Crippen LogP contribution in [0.3, 0.4) is 0 Å². The summed E-state index contributed by atoms with van der Waals surface area (Å²) in [4.78, 5) is 39.8. The Balaban J connectivity index is 2.20. The fourth-order valence-electron chi connectivity index (χ4n) is 3.48. The minimum Gasteiger partial charge on any atom is -0.469 e. The third kappa shape index (κ3) is 2.52. The topological polar surface area (TPSA) is 63.7 Å². The molecular formula is C20H19NO4. The summed E-state index contributed by atoms with van der Waals surface area (Å²) < 4.78 is 4.69. The highest BCUT2D eigenvalue weighted by atomic mass is 16.5. The van der Waals surface area contributed by atoms with E-state index in [2.05, 4.69) is 0 Å². The second-order valence-electron chi connectivity index (χ2n) is 6.06. The van der Waals surface area contributed by atoms with E-state index in [4.69, 9.17) is 4.74 Å². The van der Waals surface area contributed by atoms with Crippen LogP contribution >= 0.6 is 0 Å². The van der Waals surface area contributed by atoms with Crippen molar-refractivity contribution in [1.82, 2.24) is 4.90 Å². The Kier molecular flexibility index (Phi) is 4.40. The molecule has 1 aliphatic heterocycles. The summed E-state index contributed by atoms with van der Waals surface area (Å²) in [5.74, 6) is -1.15. The number of rotatable bonds is 4. The number of likely N-dealkylation sites (N-methyl/N-ethyl adjacent to an activating group) is 1. The Labute approximate surface area is 146 Å². The van der Waals surface area contributed by atoms with Crippen LogP contribution in [-0.2, 0) is 24.5 Å². The molecule has 1 heterocycles. The lowest BCUT2D eigenvalue weighted by Gasteiger charge is -2.26. The SMILES string of the molecule is COC(=O)CC1C(=O)C(c2ccccc2)(c2ccccc2)C(=O)N1C. The van der Waals surface area contributed by atoms with E-state index in [1.54, 1.807) is 55.6 Å². The minimum absolute atomic E-state index is 0.154. The molecule has 5 nitrogen and oxygen atoms in total. The van der Waals surface area contributed by atoms with Gasteiger partial charge in [0.1, 0.15) is 6.04 Å². The molecule has 0 N–H and O–H groups in total. The lowest BCUT2D eigenvalue weighted by atomic mass is 9.71. The van der Waals surface area contributed by atoms with Crippen molar-refractivity contribution in [2.75, 3.05) is 14.2 Å². The van der Waals surface area contributed by atoms with Crippen LogP contribution < -0.4 is 0 Å². The van der Waals surface area contributed by atoms with Gasteiger partial charge >= 0.3 is 5.97 Å². The molecule has 2 aromatic rings. The lowest BCUT2D eigenvalue weighted by molar-refractivity contribution is -0.143. The van der Waals surface area contributed by atoms with E-state index in [1.165, 1.54) is 12.0 Å². The second kappa shape index (κ2) is 6.51. The second-order valence-corrected chi connectivity index (χ2v) is 6.06. The minimum atomic E-state index is -1.43. The van der Waals surface area contributed by atoms with Crippen molar-refractivity contribution in [1.29, 1.82) is 0 Å². The van der Waals surface area contributed by atoms with Crippen LogP contribution in [0.1, 0.15) is 17.5 Å². The molecule has 1 unspecified atom stereocenters. The van der Waals surface area contributed by atoms with Crippen LogP contribution in [0.4, 0.5) is 0 Å². The number of methoxy groups -OCH3 is 1. The molecule has 1 fully saturated rings. The monoisotopic (exact) mass is 337 g/mol. The molecule has 3 rings (SSSR count). The van der Waals surface area contributed by atoms with E-state index < -0.39 is 17.4 Å². The van der Waals surface area contributed by atoms with Crippen molar-refractivity contribution in [3.05, 3.63) is 71.8 Å². The maximum absolute atomic E-state index is 13.4. The summed E-state index contributed by atoms with van der Waals surface area (Å²) >= 11 is 0. The van der Waals surface area contributed by atoms with Gasteiger partial charge in [-0.2, -0.15) is 0 Å². The fraction of sp³-hybridized carbons (Fsp3) is 0.250. The van der Waals surface area contributed by atoms with Crippen LogP contribution in [0, 0.1) is 0 Å². The van der Waals surface area contributed by atoms with E-state index in [9.17, 15) is 14.4 Å². The first-order valence-corrected chi connectivity index (χ1v) is 8.03. The fourth-order valence-corrected chi connectivity index (χ4v) is 3.48. The number of benzene rings is 2. The number of carbonyl (C=O) groups excluding carboxylic acids is 3. The largest absolute Gasteiger partial charge is 0.469 e. The number of amides is 1. The number of Topliss-reactive ketones (excluding diaryl/α,β-unsaturated/α-hetero) is 1. The quantitative estimate of drug-likeness (QED) is 0.632. The van der Waals surface area contributed by atoms with Crippen molar-refractivity contribution in [3.8, 4) is 0 Å². The van der Waals surface area contributed by atoms with Gasteiger partial charge in [-0.05, 0) is 11.1 Å². The molecule has 0 aliphatic carbocycles. The lowest BCUT2D eigenvalue weighted by Crippen LogP contribution is -2.41. The highest BCUT2D eigenvalue weighted by Gasteiger charge is 2.60. The standard InChI is InChI=1S/C20H19NO4/c1-21-16(13-17(22)25-2)18(23)20(19(21)24,14-9-5-3-6-10-14)15-11-7-4-8-12-15/h3-12,16H,13H2,1-2H3. The zero-order valence-electron chi connectivity index (χ0n) is 14.1. The maximum Gasteiger partial charge on any atom is 0.308 e. The number of ketones is 1. The first-order chi connectivity index (χ1) is 12.0. The Hall–Kier alpha value is -2.95. The molecule has 0 saturated carbocycles. The first kappa shape index (κ1) is 16.9. The molecular weight excluding hydrogens is 318 g/mol. The highest BCUT2D eigenvalue weighted by Crippen LogP contribution is 2.42. The van der Waals surface area contributed by atoms with Gasteiger partial charge in [-0.1, -0.05) is 60.7 Å². The Bertz CT molecular complexity index is 761.